The number of rotatable bonds is 3. The van der Waals surface area contributed by atoms with Crippen molar-refractivity contribution in [3.05, 3.63) is 133 Å². The van der Waals surface area contributed by atoms with Crippen LogP contribution in [0.2, 0.25) is 0 Å². The molecule has 0 amide bonds. The molecule has 8 rings (SSSR count). The van der Waals surface area contributed by atoms with Gasteiger partial charge in [0, 0.05) is 30.9 Å². The monoisotopic (exact) mass is 527 g/mol. The third-order valence-electron chi connectivity index (χ3n) is 7.73. The van der Waals surface area contributed by atoms with E-state index in [9.17, 15) is 5.26 Å². The number of para-hydroxylation sites is 1. The fourth-order valence-corrected chi connectivity index (χ4v) is 7.15. The first-order valence-corrected chi connectivity index (χ1v) is 14.1. The van der Waals surface area contributed by atoms with Gasteiger partial charge >= 0.3 is 0 Å². The average molecular weight is 528 g/mol. The van der Waals surface area contributed by atoms with Crippen molar-refractivity contribution in [1.29, 1.82) is 5.26 Å². The highest BCUT2D eigenvalue weighted by atomic mass is 32.1. The Hall–Kier alpha value is -5.17. The number of fused-ring (bicyclic) bond motifs is 6. The van der Waals surface area contributed by atoms with Gasteiger partial charge in [-0.05, 0) is 69.8 Å². The Morgan fingerprint density at radius 1 is 0.525 bits per heavy atom. The summed E-state index contributed by atoms with van der Waals surface area (Å²) in [6.07, 6.45) is 0. The van der Waals surface area contributed by atoms with Crippen LogP contribution in [0.15, 0.2) is 132 Å². The van der Waals surface area contributed by atoms with Crippen molar-refractivity contribution >= 4 is 53.4 Å². The van der Waals surface area contributed by atoms with Gasteiger partial charge in [-0.2, -0.15) is 5.26 Å². The van der Waals surface area contributed by atoms with Crippen LogP contribution in [0.3, 0.4) is 0 Å². The molecule has 0 aliphatic heterocycles. The number of hydrogen-bond acceptors (Lipinski definition) is 3. The van der Waals surface area contributed by atoms with Gasteiger partial charge in [0.2, 0.25) is 0 Å². The number of furan rings is 1. The quantitative estimate of drug-likeness (QED) is 0.229. The number of nitrogens with zero attached hydrogens (tertiary/aromatic N) is 1. The zero-order chi connectivity index (χ0) is 26.6. The number of hydrogen-bond donors (Lipinski definition) is 0. The van der Waals surface area contributed by atoms with Crippen LogP contribution >= 0.6 is 11.3 Å². The summed E-state index contributed by atoms with van der Waals surface area (Å²) in [7, 11) is 0. The highest BCUT2D eigenvalue weighted by Gasteiger charge is 2.18. The van der Waals surface area contributed by atoms with E-state index in [0.29, 0.717) is 5.56 Å². The Morgan fingerprint density at radius 3 is 2.17 bits per heavy atom. The molecule has 2 nitrogen and oxygen atoms in total. The van der Waals surface area contributed by atoms with Crippen molar-refractivity contribution in [2.75, 3.05) is 0 Å². The third-order valence-corrected chi connectivity index (χ3v) is 8.95. The summed E-state index contributed by atoms with van der Waals surface area (Å²) in [5.41, 5.74) is 9.10. The highest BCUT2D eigenvalue weighted by molar-refractivity contribution is 7.26. The average Bonchev–Trinajstić information content (AvgIpc) is 3.59. The fourth-order valence-electron chi connectivity index (χ4n) is 5.92. The normalized spacial score (nSPS) is 11.5. The fraction of sp³-hybridized carbons (Fsp3) is 0. The van der Waals surface area contributed by atoms with Gasteiger partial charge in [-0.15, -0.1) is 11.3 Å². The van der Waals surface area contributed by atoms with E-state index in [-0.39, 0.29) is 0 Å². The van der Waals surface area contributed by atoms with Gasteiger partial charge in [0.25, 0.3) is 0 Å². The summed E-state index contributed by atoms with van der Waals surface area (Å²) in [6.45, 7) is 0. The minimum Gasteiger partial charge on any atom is -0.456 e. The maximum absolute atomic E-state index is 9.69. The van der Waals surface area contributed by atoms with Crippen molar-refractivity contribution in [3.8, 4) is 39.4 Å². The summed E-state index contributed by atoms with van der Waals surface area (Å²) < 4.78 is 8.81. The molecule has 2 aromatic heterocycles. The summed E-state index contributed by atoms with van der Waals surface area (Å²) in [4.78, 5) is 0. The zero-order valence-corrected chi connectivity index (χ0v) is 22.2. The zero-order valence-electron chi connectivity index (χ0n) is 21.4. The Bertz CT molecular complexity index is 2300. The lowest BCUT2D eigenvalue weighted by Gasteiger charge is -2.15. The Balaban J connectivity index is 1.42. The smallest absolute Gasteiger partial charge is 0.136 e. The van der Waals surface area contributed by atoms with Crippen molar-refractivity contribution < 1.29 is 4.42 Å². The Labute approximate surface area is 235 Å². The van der Waals surface area contributed by atoms with E-state index in [1.54, 1.807) is 0 Å². The van der Waals surface area contributed by atoms with Gasteiger partial charge in [0.15, 0.2) is 0 Å². The predicted molar refractivity (Wildman–Crippen MR) is 168 cm³/mol. The van der Waals surface area contributed by atoms with Crippen LogP contribution in [-0.4, -0.2) is 0 Å². The van der Waals surface area contributed by atoms with Crippen LogP contribution in [0.5, 0.6) is 0 Å². The molecule has 6 aromatic carbocycles. The van der Waals surface area contributed by atoms with Crippen LogP contribution < -0.4 is 0 Å². The molecule has 0 bridgehead atoms. The topological polar surface area (TPSA) is 36.9 Å². The van der Waals surface area contributed by atoms with Gasteiger partial charge in [-0.25, -0.2) is 0 Å². The van der Waals surface area contributed by atoms with Gasteiger partial charge < -0.3 is 4.42 Å². The SMILES string of the molecule is N#Cc1cccc(-c2cc(-c3cccc4c3sc3ccccc34)ccc2-c2cccc3oc4ccccc4c23)c1. The first-order valence-electron chi connectivity index (χ1n) is 13.2. The van der Waals surface area contributed by atoms with E-state index in [0.717, 1.165) is 49.8 Å². The predicted octanol–water partition coefficient (Wildman–Crippen LogP) is 10.8. The molecule has 0 radical (unpaired) electrons. The number of nitriles is 1. The van der Waals surface area contributed by atoms with E-state index in [1.807, 2.05) is 47.7 Å². The van der Waals surface area contributed by atoms with Gasteiger partial charge in [0.05, 0.1) is 11.6 Å². The molecule has 0 fully saturated rings. The third kappa shape index (κ3) is 3.48. The molecule has 0 aliphatic carbocycles. The first-order chi connectivity index (χ1) is 19.8. The molecule has 0 aliphatic rings. The lowest BCUT2D eigenvalue weighted by molar-refractivity contribution is 0.669. The molecule has 40 heavy (non-hydrogen) atoms. The molecule has 2 heterocycles. The Kier molecular flexibility index (Phi) is 5.10. The van der Waals surface area contributed by atoms with Crippen LogP contribution in [-0.2, 0) is 0 Å². The molecule has 0 N–H and O–H groups in total. The van der Waals surface area contributed by atoms with Crippen molar-refractivity contribution in [1.82, 2.24) is 0 Å². The van der Waals surface area contributed by atoms with Crippen LogP contribution in [0, 0.1) is 11.3 Å². The first kappa shape index (κ1) is 22.8. The van der Waals surface area contributed by atoms with Gasteiger partial charge in [0.1, 0.15) is 11.2 Å². The number of benzene rings is 6. The molecule has 0 unspecified atom stereocenters. The van der Waals surface area contributed by atoms with Gasteiger partial charge in [-0.1, -0.05) is 91.0 Å². The second kappa shape index (κ2) is 8.95. The minimum atomic E-state index is 0.646. The molecule has 0 spiro atoms. The van der Waals surface area contributed by atoms with Crippen LogP contribution in [0.1, 0.15) is 5.56 Å². The maximum atomic E-state index is 9.69. The summed E-state index contributed by atoms with van der Waals surface area (Å²) in [5.74, 6) is 0. The molecular formula is C37H21NOS. The van der Waals surface area contributed by atoms with Crippen LogP contribution in [0.25, 0.3) is 75.5 Å². The maximum Gasteiger partial charge on any atom is 0.136 e. The number of thiophene rings is 1. The summed E-state index contributed by atoms with van der Waals surface area (Å²) in [5, 5.41) is 14.5. The molecule has 0 atom stereocenters. The van der Waals surface area contributed by atoms with Crippen LogP contribution in [0.4, 0.5) is 0 Å². The molecular weight excluding hydrogens is 506 g/mol. The van der Waals surface area contributed by atoms with Gasteiger partial charge in [-0.3, -0.25) is 0 Å². The molecule has 3 heteroatoms. The Morgan fingerprint density at radius 2 is 1.25 bits per heavy atom. The molecule has 0 saturated heterocycles. The standard InChI is InChI=1S/C37H21NOS/c38-22-23-8-5-9-24(20-23)32-21-25(26-12-6-14-30-28-10-2-4-17-35(28)40-37(26)30)18-19-27(32)29-13-7-16-34-36(29)31-11-1-3-15-33(31)39-34/h1-21H. The van der Waals surface area contributed by atoms with E-state index < -0.39 is 0 Å². The van der Waals surface area contributed by atoms with E-state index in [1.165, 1.54) is 25.7 Å². The lowest BCUT2D eigenvalue weighted by atomic mass is 9.88. The molecule has 8 aromatic rings. The highest BCUT2D eigenvalue weighted by Crippen LogP contribution is 2.44. The van der Waals surface area contributed by atoms with Crippen molar-refractivity contribution in [2.24, 2.45) is 0 Å². The van der Waals surface area contributed by atoms with E-state index in [2.05, 4.69) is 97.1 Å². The van der Waals surface area contributed by atoms with Crippen molar-refractivity contribution in [3.63, 3.8) is 0 Å². The molecule has 0 saturated carbocycles. The van der Waals surface area contributed by atoms with E-state index >= 15 is 0 Å². The second-order valence-electron chi connectivity index (χ2n) is 10.0. The molecule has 186 valence electrons. The van der Waals surface area contributed by atoms with E-state index in [4.69, 9.17) is 4.42 Å². The summed E-state index contributed by atoms with van der Waals surface area (Å²) >= 11 is 1.84. The minimum absolute atomic E-state index is 0.646. The lowest BCUT2D eigenvalue weighted by Crippen LogP contribution is -1.89. The summed E-state index contributed by atoms with van der Waals surface area (Å²) in [6, 6.07) is 46.6. The largest absolute Gasteiger partial charge is 0.456 e. The van der Waals surface area contributed by atoms with Crippen molar-refractivity contribution in [2.45, 2.75) is 0 Å². The second-order valence-corrected chi connectivity index (χ2v) is 11.1.